The van der Waals surface area contributed by atoms with Crippen molar-refractivity contribution < 1.29 is 4.74 Å². The second-order valence-electron chi connectivity index (χ2n) is 6.51. The third kappa shape index (κ3) is 2.70. The van der Waals surface area contributed by atoms with Gasteiger partial charge < -0.3 is 9.72 Å². The lowest BCUT2D eigenvalue weighted by molar-refractivity contribution is 0.180. The van der Waals surface area contributed by atoms with Gasteiger partial charge in [0.15, 0.2) is 0 Å². The smallest absolute Gasteiger partial charge is 0.135 e. The molecule has 0 amide bonds. The third-order valence-corrected chi connectivity index (χ3v) is 5.61. The number of hydrogen-bond donors (Lipinski definition) is 1. The SMILES string of the molecule is Brc1cc2[nH]c(C3CCCC3)nc2cc1OCC1CCC1. The first-order valence-corrected chi connectivity index (χ1v) is 8.91. The first-order chi connectivity index (χ1) is 10.3. The van der Waals surface area contributed by atoms with E-state index in [1.54, 1.807) is 0 Å². The quantitative estimate of drug-likeness (QED) is 0.828. The number of aromatic amines is 1. The van der Waals surface area contributed by atoms with Crippen molar-refractivity contribution >= 4 is 27.0 Å². The molecule has 4 heteroatoms. The zero-order chi connectivity index (χ0) is 14.2. The van der Waals surface area contributed by atoms with Crippen LogP contribution < -0.4 is 4.74 Å². The van der Waals surface area contributed by atoms with E-state index in [2.05, 4.69) is 33.0 Å². The second kappa shape index (κ2) is 5.64. The Morgan fingerprint density at radius 3 is 2.67 bits per heavy atom. The van der Waals surface area contributed by atoms with Gasteiger partial charge in [-0.3, -0.25) is 0 Å². The van der Waals surface area contributed by atoms with Crippen LogP contribution in [0.5, 0.6) is 5.75 Å². The average Bonchev–Trinajstić information content (AvgIpc) is 3.04. The van der Waals surface area contributed by atoms with E-state index >= 15 is 0 Å². The number of H-pyrrole nitrogens is 1. The van der Waals surface area contributed by atoms with Gasteiger partial charge in [-0.15, -0.1) is 0 Å². The van der Waals surface area contributed by atoms with Gasteiger partial charge in [0.05, 0.1) is 22.1 Å². The number of ether oxygens (including phenoxy) is 1. The van der Waals surface area contributed by atoms with E-state index in [4.69, 9.17) is 9.72 Å². The van der Waals surface area contributed by atoms with Crippen LogP contribution in [0.1, 0.15) is 56.7 Å². The molecule has 2 aliphatic rings. The molecule has 2 fully saturated rings. The first-order valence-electron chi connectivity index (χ1n) is 8.11. The van der Waals surface area contributed by atoms with Crippen LogP contribution in [-0.4, -0.2) is 16.6 Å². The molecule has 0 saturated heterocycles. The summed E-state index contributed by atoms with van der Waals surface area (Å²) in [7, 11) is 0. The zero-order valence-electron chi connectivity index (χ0n) is 12.2. The van der Waals surface area contributed by atoms with Crippen molar-refractivity contribution in [3.05, 3.63) is 22.4 Å². The molecule has 0 radical (unpaired) electrons. The topological polar surface area (TPSA) is 37.9 Å². The molecule has 4 rings (SSSR count). The summed E-state index contributed by atoms with van der Waals surface area (Å²) in [5.74, 6) is 3.46. The molecule has 0 bridgehead atoms. The van der Waals surface area contributed by atoms with Crippen LogP contribution in [0.4, 0.5) is 0 Å². The molecule has 1 heterocycles. The lowest BCUT2D eigenvalue weighted by atomic mass is 9.86. The Labute approximate surface area is 133 Å². The van der Waals surface area contributed by atoms with Crippen LogP contribution in [0.3, 0.4) is 0 Å². The molecule has 21 heavy (non-hydrogen) atoms. The summed E-state index contributed by atoms with van der Waals surface area (Å²) < 4.78 is 7.01. The largest absolute Gasteiger partial charge is 0.492 e. The Morgan fingerprint density at radius 1 is 1.14 bits per heavy atom. The Kier molecular flexibility index (Phi) is 3.66. The molecule has 112 valence electrons. The van der Waals surface area contributed by atoms with Crippen molar-refractivity contribution in [1.29, 1.82) is 0 Å². The predicted molar refractivity (Wildman–Crippen MR) is 87.8 cm³/mol. The number of nitrogens with zero attached hydrogens (tertiary/aromatic N) is 1. The van der Waals surface area contributed by atoms with Crippen LogP contribution >= 0.6 is 15.9 Å². The minimum atomic E-state index is 0.621. The van der Waals surface area contributed by atoms with E-state index in [0.717, 1.165) is 39.6 Å². The van der Waals surface area contributed by atoms with E-state index in [9.17, 15) is 0 Å². The highest BCUT2D eigenvalue weighted by molar-refractivity contribution is 9.10. The van der Waals surface area contributed by atoms with Crippen molar-refractivity contribution in [2.24, 2.45) is 5.92 Å². The van der Waals surface area contributed by atoms with Crippen molar-refractivity contribution in [3.8, 4) is 5.75 Å². The Bertz CT molecular complexity index is 642. The normalized spacial score (nSPS) is 20.0. The van der Waals surface area contributed by atoms with E-state index in [-0.39, 0.29) is 0 Å². The van der Waals surface area contributed by atoms with Gasteiger partial charge in [-0.1, -0.05) is 19.3 Å². The highest BCUT2D eigenvalue weighted by atomic mass is 79.9. The summed E-state index contributed by atoms with van der Waals surface area (Å²) in [5.41, 5.74) is 2.14. The molecule has 1 aromatic heterocycles. The predicted octanol–water partition coefficient (Wildman–Crippen LogP) is 5.16. The molecule has 2 aromatic rings. The number of nitrogens with one attached hydrogen (secondary N) is 1. The van der Waals surface area contributed by atoms with Crippen molar-refractivity contribution in [2.75, 3.05) is 6.61 Å². The van der Waals surface area contributed by atoms with E-state index in [1.165, 1.54) is 44.9 Å². The number of rotatable bonds is 4. The summed E-state index contributed by atoms with van der Waals surface area (Å²) in [6, 6.07) is 4.18. The maximum atomic E-state index is 5.98. The first kappa shape index (κ1) is 13.6. The third-order valence-electron chi connectivity index (χ3n) is 5.00. The lowest BCUT2D eigenvalue weighted by Crippen LogP contribution is -2.19. The monoisotopic (exact) mass is 348 g/mol. The molecule has 0 spiro atoms. The minimum absolute atomic E-state index is 0.621. The lowest BCUT2D eigenvalue weighted by Gasteiger charge is -2.25. The average molecular weight is 349 g/mol. The fourth-order valence-electron chi connectivity index (χ4n) is 3.40. The number of hydrogen-bond acceptors (Lipinski definition) is 2. The Balaban J connectivity index is 1.57. The van der Waals surface area contributed by atoms with Gasteiger partial charge in [0, 0.05) is 12.0 Å². The van der Waals surface area contributed by atoms with Crippen LogP contribution in [0.25, 0.3) is 11.0 Å². The highest BCUT2D eigenvalue weighted by Gasteiger charge is 2.21. The molecule has 0 atom stereocenters. The summed E-state index contributed by atoms with van der Waals surface area (Å²) >= 11 is 3.63. The number of imidazole rings is 1. The zero-order valence-corrected chi connectivity index (χ0v) is 13.8. The Hall–Kier alpha value is -1.03. The highest BCUT2D eigenvalue weighted by Crippen LogP contribution is 2.36. The van der Waals surface area contributed by atoms with E-state index in [1.807, 2.05) is 0 Å². The standard InChI is InChI=1S/C17H21BrN2O/c18-13-8-14-15(9-16(13)21-10-11-4-3-5-11)20-17(19-14)12-6-1-2-7-12/h8-9,11-12H,1-7,10H2,(H,19,20). The van der Waals surface area contributed by atoms with Crippen LogP contribution in [-0.2, 0) is 0 Å². The fourth-order valence-corrected chi connectivity index (χ4v) is 3.86. The van der Waals surface area contributed by atoms with Crippen LogP contribution in [0.2, 0.25) is 0 Å². The molecule has 0 unspecified atom stereocenters. The maximum absolute atomic E-state index is 5.98. The molecular formula is C17H21BrN2O. The summed E-state index contributed by atoms with van der Waals surface area (Å²) in [5, 5.41) is 0. The number of halogens is 1. The van der Waals surface area contributed by atoms with Crippen molar-refractivity contribution in [1.82, 2.24) is 9.97 Å². The fraction of sp³-hybridized carbons (Fsp3) is 0.588. The van der Waals surface area contributed by atoms with Gasteiger partial charge in [-0.25, -0.2) is 4.98 Å². The number of benzene rings is 1. The summed E-state index contributed by atoms with van der Waals surface area (Å²) in [4.78, 5) is 8.30. The molecular weight excluding hydrogens is 328 g/mol. The van der Waals surface area contributed by atoms with Crippen molar-refractivity contribution in [2.45, 2.75) is 50.9 Å². The van der Waals surface area contributed by atoms with Gasteiger partial charge in [0.1, 0.15) is 11.6 Å². The molecule has 0 aliphatic heterocycles. The van der Waals surface area contributed by atoms with Crippen LogP contribution in [0, 0.1) is 5.92 Å². The van der Waals surface area contributed by atoms with Gasteiger partial charge in [-0.2, -0.15) is 0 Å². The minimum Gasteiger partial charge on any atom is -0.492 e. The van der Waals surface area contributed by atoms with Gasteiger partial charge >= 0.3 is 0 Å². The van der Waals surface area contributed by atoms with Gasteiger partial charge in [0.2, 0.25) is 0 Å². The van der Waals surface area contributed by atoms with E-state index < -0.39 is 0 Å². The Morgan fingerprint density at radius 2 is 1.95 bits per heavy atom. The van der Waals surface area contributed by atoms with Crippen LogP contribution in [0.15, 0.2) is 16.6 Å². The summed E-state index contributed by atoms with van der Waals surface area (Å²) in [6.45, 7) is 0.837. The van der Waals surface area contributed by atoms with E-state index in [0.29, 0.717) is 5.92 Å². The molecule has 1 N–H and O–H groups in total. The number of fused-ring (bicyclic) bond motifs is 1. The summed E-state index contributed by atoms with van der Waals surface area (Å²) in [6.07, 6.45) is 9.20. The maximum Gasteiger partial charge on any atom is 0.135 e. The molecule has 2 saturated carbocycles. The van der Waals surface area contributed by atoms with Crippen molar-refractivity contribution in [3.63, 3.8) is 0 Å². The molecule has 3 nitrogen and oxygen atoms in total. The molecule has 2 aliphatic carbocycles. The molecule has 1 aromatic carbocycles. The van der Waals surface area contributed by atoms with Gasteiger partial charge in [-0.05, 0) is 53.6 Å². The second-order valence-corrected chi connectivity index (χ2v) is 7.37. The number of aromatic nitrogens is 2. The van der Waals surface area contributed by atoms with Gasteiger partial charge in [0.25, 0.3) is 0 Å².